The number of carbonyl (C=O) groups excluding carboxylic acids is 2. The molecule has 1 aliphatic rings. The molecular formula is C22H23ClN2O5. The van der Waals surface area contributed by atoms with E-state index in [1.165, 1.54) is 12.0 Å². The number of amides is 2. The normalized spacial score (nSPS) is 16.3. The first-order valence-electron chi connectivity index (χ1n) is 9.33. The van der Waals surface area contributed by atoms with Crippen LogP contribution in [-0.4, -0.2) is 39.4 Å². The summed E-state index contributed by atoms with van der Waals surface area (Å²) in [6.45, 7) is 2.10. The second-order valence-electron chi connectivity index (χ2n) is 6.60. The number of anilines is 1. The largest absolute Gasteiger partial charge is 0.497 e. The Kier molecular flexibility index (Phi) is 6.97. The lowest BCUT2D eigenvalue weighted by Crippen LogP contribution is -2.48. The fraction of sp³-hybridized carbons (Fsp3) is 0.273. The van der Waals surface area contributed by atoms with Gasteiger partial charge in [0, 0.05) is 17.8 Å². The molecule has 0 spiro atoms. The quantitative estimate of drug-likeness (QED) is 0.529. The number of esters is 1. The second kappa shape index (κ2) is 9.65. The Morgan fingerprint density at radius 3 is 2.33 bits per heavy atom. The number of allylic oxidation sites excluding steroid dienone is 1. The predicted molar refractivity (Wildman–Crippen MR) is 114 cm³/mol. The number of carbonyl (C=O) groups is 2. The van der Waals surface area contributed by atoms with Crippen molar-refractivity contribution in [2.24, 2.45) is 0 Å². The predicted octanol–water partition coefficient (Wildman–Crippen LogP) is 4.08. The molecule has 1 N–H and O–H groups in total. The maximum atomic E-state index is 13.0. The van der Waals surface area contributed by atoms with Gasteiger partial charge in [0.2, 0.25) is 0 Å². The fourth-order valence-corrected chi connectivity index (χ4v) is 3.38. The Bertz CT molecular complexity index is 941. The van der Waals surface area contributed by atoms with Crippen LogP contribution in [0.4, 0.5) is 10.5 Å². The highest BCUT2D eigenvalue weighted by Crippen LogP contribution is 2.35. The van der Waals surface area contributed by atoms with Gasteiger partial charge in [-0.25, -0.2) is 9.59 Å². The van der Waals surface area contributed by atoms with E-state index in [1.807, 2.05) is 0 Å². The van der Waals surface area contributed by atoms with Crippen molar-refractivity contribution in [1.29, 1.82) is 0 Å². The summed E-state index contributed by atoms with van der Waals surface area (Å²) in [4.78, 5) is 27.4. The van der Waals surface area contributed by atoms with E-state index in [-0.39, 0.29) is 19.2 Å². The summed E-state index contributed by atoms with van der Waals surface area (Å²) in [6.07, 6.45) is 0. The highest BCUT2D eigenvalue weighted by Gasteiger charge is 2.37. The molecule has 1 unspecified atom stereocenters. The average molecular weight is 431 g/mol. The lowest BCUT2D eigenvalue weighted by atomic mass is 9.94. The Balaban J connectivity index is 2.04. The summed E-state index contributed by atoms with van der Waals surface area (Å²) in [7, 11) is 3.10. The molecule has 0 bridgehead atoms. The van der Waals surface area contributed by atoms with Gasteiger partial charge >= 0.3 is 12.0 Å². The SMILES string of the molecule is COCCOC(=O)C1=C(C)N(c2ccc(OC)cc2)C(=O)NC1c1ccc(Cl)cc1. The Morgan fingerprint density at radius 1 is 1.07 bits per heavy atom. The third kappa shape index (κ3) is 4.58. The van der Waals surface area contributed by atoms with Crippen LogP contribution in [0.5, 0.6) is 5.75 Å². The first-order chi connectivity index (χ1) is 14.5. The van der Waals surface area contributed by atoms with Crippen molar-refractivity contribution >= 4 is 29.3 Å². The summed E-state index contributed by atoms with van der Waals surface area (Å²) in [5.74, 6) is 0.138. The minimum Gasteiger partial charge on any atom is -0.497 e. The van der Waals surface area contributed by atoms with Crippen molar-refractivity contribution in [3.8, 4) is 5.75 Å². The number of ether oxygens (including phenoxy) is 3. The van der Waals surface area contributed by atoms with Crippen LogP contribution < -0.4 is 15.0 Å². The molecule has 0 saturated heterocycles. The zero-order valence-corrected chi connectivity index (χ0v) is 17.7. The van der Waals surface area contributed by atoms with E-state index < -0.39 is 12.0 Å². The number of rotatable bonds is 7. The van der Waals surface area contributed by atoms with E-state index in [9.17, 15) is 9.59 Å². The standard InChI is InChI=1S/C22H23ClN2O5/c1-14-19(21(26)30-13-12-28-2)20(15-4-6-16(23)7-5-15)24-22(27)25(14)17-8-10-18(29-3)11-9-17/h4-11,20H,12-13H2,1-3H3,(H,24,27). The second-order valence-corrected chi connectivity index (χ2v) is 7.03. The Labute approximate surface area is 180 Å². The van der Waals surface area contributed by atoms with Crippen molar-refractivity contribution in [1.82, 2.24) is 5.32 Å². The van der Waals surface area contributed by atoms with E-state index in [1.54, 1.807) is 62.6 Å². The summed E-state index contributed by atoms with van der Waals surface area (Å²) < 4.78 is 15.5. The van der Waals surface area contributed by atoms with Crippen molar-refractivity contribution in [3.05, 3.63) is 70.4 Å². The molecule has 1 heterocycles. The Hall–Kier alpha value is -3.03. The number of nitrogens with zero attached hydrogens (tertiary/aromatic N) is 1. The maximum absolute atomic E-state index is 13.0. The lowest BCUT2D eigenvalue weighted by Gasteiger charge is -2.35. The molecule has 0 saturated carbocycles. The average Bonchev–Trinajstić information content (AvgIpc) is 2.74. The highest BCUT2D eigenvalue weighted by molar-refractivity contribution is 6.30. The molecule has 7 nitrogen and oxygen atoms in total. The molecule has 158 valence electrons. The number of hydrogen-bond acceptors (Lipinski definition) is 5. The van der Waals surface area contributed by atoms with Gasteiger partial charge in [-0.3, -0.25) is 4.90 Å². The minimum atomic E-state index is -0.667. The molecule has 30 heavy (non-hydrogen) atoms. The molecule has 2 amide bonds. The van der Waals surface area contributed by atoms with Gasteiger partial charge in [0.25, 0.3) is 0 Å². The smallest absolute Gasteiger partial charge is 0.338 e. The Morgan fingerprint density at radius 2 is 1.73 bits per heavy atom. The molecule has 0 aliphatic carbocycles. The molecule has 2 aromatic rings. The molecule has 0 fully saturated rings. The topological polar surface area (TPSA) is 77.1 Å². The summed E-state index contributed by atoms with van der Waals surface area (Å²) in [5, 5.41) is 3.46. The number of halogens is 1. The van der Waals surface area contributed by atoms with Gasteiger partial charge in [-0.1, -0.05) is 23.7 Å². The first-order valence-corrected chi connectivity index (χ1v) is 9.71. The third-order valence-corrected chi connectivity index (χ3v) is 5.01. The minimum absolute atomic E-state index is 0.107. The van der Waals surface area contributed by atoms with Crippen LogP contribution in [0.25, 0.3) is 0 Å². The van der Waals surface area contributed by atoms with Gasteiger partial charge in [-0.15, -0.1) is 0 Å². The van der Waals surface area contributed by atoms with Gasteiger partial charge in [0.1, 0.15) is 12.4 Å². The van der Waals surface area contributed by atoms with Crippen LogP contribution in [-0.2, 0) is 14.3 Å². The number of methoxy groups -OCH3 is 2. The van der Waals surface area contributed by atoms with Crippen LogP contribution in [0.3, 0.4) is 0 Å². The van der Waals surface area contributed by atoms with E-state index in [4.69, 9.17) is 25.8 Å². The van der Waals surface area contributed by atoms with Gasteiger partial charge in [0.15, 0.2) is 0 Å². The van der Waals surface area contributed by atoms with Crippen molar-refractivity contribution in [2.75, 3.05) is 32.3 Å². The van der Waals surface area contributed by atoms with Crippen molar-refractivity contribution in [3.63, 3.8) is 0 Å². The van der Waals surface area contributed by atoms with Crippen molar-refractivity contribution < 1.29 is 23.8 Å². The summed E-state index contributed by atoms with van der Waals surface area (Å²) >= 11 is 6.00. The van der Waals surface area contributed by atoms with E-state index in [0.717, 1.165) is 5.56 Å². The fourth-order valence-electron chi connectivity index (χ4n) is 3.25. The number of nitrogens with one attached hydrogen (secondary N) is 1. The molecule has 0 radical (unpaired) electrons. The molecular weight excluding hydrogens is 408 g/mol. The van der Waals surface area contributed by atoms with Gasteiger partial charge in [-0.05, 0) is 48.9 Å². The zero-order valence-electron chi connectivity index (χ0n) is 17.0. The van der Waals surface area contributed by atoms with Gasteiger partial charge in [0.05, 0.1) is 31.0 Å². The lowest BCUT2D eigenvalue weighted by molar-refractivity contribution is -0.140. The third-order valence-electron chi connectivity index (χ3n) is 4.76. The molecule has 1 aliphatic heterocycles. The van der Waals surface area contributed by atoms with E-state index in [2.05, 4.69) is 5.32 Å². The first kappa shape index (κ1) is 21.7. The van der Waals surface area contributed by atoms with Crippen LogP contribution in [0.2, 0.25) is 5.02 Å². The van der Waals surface area contributed by atoms with Crippen LogP contribution in [0.15, 0.2) is 59.8 Å². The van der Waals surface area contributed by atoms with Crippen LogP contribution >= 0.6 is 11.6 Å². The number of hydrogen-bond donors (Lipinski definition) is 1. The van der Waals surface area contributed by atoms with Gasteiger partial charge in [-0.2, -0.15) is 0 Å². The highest BCUT2D eigenvalue weighted by atomic mass is 35.5. The number of benzene rings is 2. The monoisotopic (exact) mass is 430 g/mol. The van der Waals surface area contributed by atoms with E-state index >= 15 is 0 Å². The van der Waals surface area contributed by atoms with Crippen LogP contribution in [0, 0.1) is 0 Å². The molecule has 0 aromatic heterocycles. The molecule has 2 aromatic carbocycles. The molecule has 3 rings (SSSR count). The molecule has 8 heteroatoms. The summed E-state index contributed by atoms with van der Waals surface area (Å²) in [6, 6.07) is 12.9. The molecule has 1 atom stereocenters. The summed E-state index contributed by atoms with van der Waals surface area (Å²) in [5.41, 5.74) is 2.14. The van der Waals surface area contributed by atoms with Crippen LogP contribution in [0.1, 0.15) is 18.5 Å². The number of urea groups is 1. The zero-order chi connectivity index (χ0) is 21.7. The van der Waals surface area contributed by atoms with Crippen molar-refractivity contribution in [2.45, 2.75) is 13.0 Å². The van der Waals surface area contributed by atoms with E-state index in [0.29, 0.717) is 27.7 Å². The van der Waals surface area contributed by atoms with Gasteiger partial charge < -0.3 is 19.5 Å². The maximum Gasteiger partial charge on any atom is 0.338 e.